The lowest BCUT2D eigenvalue weighted by Gasteiger charge is -2.04. The van der Waals surface area contributed by atoms with Crippen molar-refractivity contribution >= 4 is 17.4 Å². The molecular formula is C11H14ClN3O. The van der Waals surface area contributed by atoms with E-state index in [0.29, 0.717) is 23.7 Å². The van der Waals surface area contributed by atoms with Crippen LogP contribution in [0.4, 0.5) is 0 Å². The summed E-state index contributed by atoms with van der Waals surface area (Å²) in [5.41, 5.74) is 7.22. The molecule has 0 unspecified atom stereocenters. The molecule has 0 spiro atoms. The van der Waals surface area contributed by atoms with E-state index in [1.165, 1.54) is 0 Å². The monoisotopic (exact) mass is 239 g/mol. The van der Waals surface area contributed by atoms with E-state index in [4.69, 9.17) is 22.5 Å². The first kappa shape index (κ1) is 12.5. The van der Waals surface area contributed by atoms with Crippen LogP contribution in [0.5, 0.6) is 0 Å². The number of nitrogens with zero attached hydrogens (tertiary/aromatic N) is 1. The average molecular weight is 240 g/mol. The summed E-state index contributed by atoms with van der Waals surface area (Å²) >= 11 is 5.61. The third-order valence-electron chi connectivity index (χ3n) is 2.00. The van der Waals surface area contributed by atoms with E-state index in [2.05, 4.69) is 17.1 Å². The van der Waals surface area contributed by atoms with Gasteiger partial charge in [0.2, 0.25) is 0 Å². The molecule has 0 atom stereocenters. The van der Waals surface area contributed by atoms with Crippen LogP contribution in [0.2, 0.25) is 0 Å². The highest BCUT2D eigenvalue weighted by Crippen LogP contribution is 2.04. The first-order valence-electron chi connectivity index (χ1n) is 4.74. The fraction of sp³-hybridized carbons (Fsp3) is 0.182. The predicted molar refractivity (Wildman–Crippen MR) is 65.7 cm³/mol. The first-order valence-corrected chi connectivity index (χ1v) is 5.12. The lowest BCUT2D eigenvalue weighted by molar-refractivity contribution is 0.318. The van der Waals surface area contributed by atoms with Crippen molar-refractivity contribution < 1.29 is 5.21 Å². The summed E-state index contributed by atoms with van der Waals surface area (Å²) in [6, 6.07) is 7.39. The van der Waals surface area contributed by atoms with Crippen LogP contribution >= 0.6 is 11.6 Å². The van der Waals surface area contributed by atoms with E-state index in [9.17, 15) is 0 Å². The van der Waals surface area contributed by atoms with Crippen molar-refractivity contribution in [2.75, 3.05) is 6.54 Å². The highest BCUT2D eigenvalue weighted by Gasteiger charge is 1.98. The molecule has 0 aromatic heterocycles. The molecule has 1 aromatic rings. The van der Waals surface area contributed by atoms with Crippen LogP contribution < -0.4 is 11.1 Å². The second-order valence-electron chi connectivity index (χ2n) is 3.30. The molecular weight excluding hydrogens is 226 g/mol. The van der Waals surface area contributed by atoms with Gasteiger partial charge in [-0.05, 0) is 5.56 Å². The summed E-state index contributed by atoms with van der Waals surface area (Å²) < 4.78 is 0. The molecule has 0 amide bonds. The Morgan fingerprint density at radius 1 is 1.44 bits per heavy atom. The summed E-state index contributed by atoms with van der Waals surface area (Å²) in [4.78, 5) is 0. The lowest BCUT2D eigenvalue weighted by atomic mass is 10.1. The van der Waals surface area contributed by atoms with Crippen molar-refractivity contribution in [1.29, 1.82) is 0 Å². The quantitative estimate of drug-likeness (QED) is 0.317. The van der Waals surface area contributed by atoms with Crippen LogP contribution in [0.15, 0.2) is 41.0 Å². The van der Waals surface area contributed by atoms with E-state index < -0.39 is 0 Å². The van der Waals surface area contributed by atoms with Crippen molar-refractivity contribution in [3.8, 4) is 0 Å². The number of nitrogens with two attached hydrogens (primary N) is 1. The molecule has 5 heteroatoms. The molecule has 4 N–H and O–H groups in total. The highest BCUT2D eigenvalue weighted by molar-refractivity contribution is 6.29. The highest BCUT2D eigenvalue weighted by atomic mass is 35.5. The molecule has 0 radical (unpaired) electrons. The van der Waals surface area contributed by atoms with Gasteiger partial charge < -0.3 is 16.3 Å². The first-order chi connectivity index (χ1) is 7.63. The Bertz CT molecular complexity index is 387. The maximum absolute atomic E-state index is 8.49. The minimum absolute atomic E-state index is 0.105. The standard InChI is InChI=1S/C11H14ClN3O/c1-8(12)6-14-7-9-2-4-10(5-3-9)11(13)15-16/h2-5,14,16H,1,6-7H2,(H2,13,15). The smallest absolute Gasteiger partial charge is 0.170 e. The van der Waals surface area contributed by atoms with Gasteiger partial charge in [-0.1, -0.05) is 47.6 Å². The summed E-state index contributed by atoms with van der Waals surface area (Å²) in [6.07, 6.45) is 0. The normalized spacial score (nSPS) is 11.4. The molecule has 0 saturated heterocycles. The van der Waals surface area contributed by atoms with Crippen LogP contribution in [0.25, 0.3) is 0 Å². The molecule has 0 fully saturated rings. The molecule has 0 bridgehead atoms. The summed E-state index contributed by atoms with van der Waals surface area (Å²) in [5.74, 6) is 0.105. The molecule has 4 nitrogen and oxygen atoms in total. The zero-order valence-electron chi connectivity index (χ0n) is 8.78. The van der Waals surface area contributed by atoms with E-state index in [0.717, 1.165) is 5.56 Å². The zero-order chi connectivity index (χ0) is 12.0. The number of hydrogen-bond acceptors (Lipinski definition) is 3. The third-order valence-corrected chi connectivity index (χ3v) is 2.14. The van der Waals surface area contributed by atoms with Crippen LogP contribution in [-0.2, 0) is 6.54 Å². The summed E-state index contributed by atoms with van der Waals surface area (Å²) in [5, 5.41) is 15.1. The number of amidine groups is 1. The molecule has 86 valence electrons. The van der Waals surface area contributed by atoms with Crippen molar-refractivity contribution in [2.24, 2.45) is 10.9 Å². The Balaban J connectivity index is 2.55. The van der Waals surface area contributed by atoms with Gasteiger partial charge in [0.15, 0.2) is 5.84 Å². The summed E-state index contributed by atoms with van der Waals surface area (Å²) in [7, 11) is 0. The van der Waals surface area contributed by atoms with Crippen LogP contribution in [0.3, 0.4) is 0 Å². The Hall–Kier alpha value is -1.52. The van der Waals surface area contributed by atoms with E-state index in [-0.39, 0.29) is 5.84 Å². The fourth-order valence-corrected chi connectivity index (χ4v) is 1.29. The number of nitrogens with one attached hydrogen (secondary N) is 1. The average Bonchev–Trinajstić information content (AvgIpc) is 2.28. The Labute approximate surface area is 99.4 Å². The molecule has 0 saturated carbocycles. The second-order valence-corrected chi connectivity index (χ2v) is 3.84. The zero-order valence-corrected chi connectivity index (χ0v) is 9.54. The molecule has 16 heavy (non-hydrogen) atoms. The van der Waals surface area contributed by atoms with Crippen molar-refractivity contribution in [3.05, 3.63) is 47.0 Å². The molecule has 0 aliphatic carbocycles. The number of hydrogen-bond donors (Lipinski definition) is 3. The van der Waals surface area contributed by atoms with E-state index >= 15 is 0 Å². The van der Waals surface area contributed by atoms with Gasteiger partial charge in [0.05, 0.1) is 0 Å². The maximum Gasteiger partial charge on any atom is 0.170 e. The number of halogens is 1. The maximum atomic E-state index is 8.49. The van der Waals surface area contributed by atoms with Gasteiger partial charge in [0, 0.05) is 23.7 Å². The Morgan fingerprint density at radius 2 is 2.06 bits per heavy atom. The number of oxime groups is 1. The number of benzene rings is 1. The van der Waals surface area contributed by atoms with Crippen LogP contribution in [0, 0.1) is 0 Å². The lowest BCUT2D eigenvalue weighted by Crippen LogP contribution is -2.15. The molecule has 1 aromatic carbocycles. The van der Waals surface area contributed by atoms with Gasteiger partial charge in [-0.3, -0.25) is 0 Å². The van der Waals surface area contributed by atoms with Crippen molar-refractivity contribution in [1.82, 2.24) is 5.32 Å². The van der Waals surface area contributed by atoms with Crippen LogP contribution in [0.1, 0.15) is 11.1 Å². The van der Waals surface area contributed by atoms with E-state index in [1.807, 2.05) is 12.1 Å². The predicted octanol–water partition coefficient (Wildman–Crippen LogP) is 1.62. The second kappa shape index (κ2) is 6.15. The van der Waals surface area contributed by atoms with Gasteiger partial charge in [0.1, 0.15) is 0 Å². The van der Waals surface area contributed by atoms with E-state index in [1.54, 1.807) is 12.1 Å². The number of rotatable bonds is 5. The fourth-order valence-electron chi connectivity index (χ4n) is 1.19. The van der Waals surface area contributed by atoms with Gasteiger partial charge >= 0.3 is 0 Å². The van der Waals surface area contributed by atoms with Crippen LogP contribution in [-0.4, -0.2) is 17.6 Å². The Morgan fingerprint density at radius 3 is 2.56 bits per heavy atom. The van der Waals surface area contributed by atoms with Gasteiger partial charge in [0.25, 0.3) is 0 Å². The molecule has 1 rings (SSSR count). The molecule has 0 aliphatic rings. The Kier molecular flexibility index (Phi) is 4.82. The third kappa shape index (κ3) is 3.92. The topological polar surface area (TPSA) is 70.6 Å². The van der Waals surface area contributed by atoms with Crippen molar-refractivity contribution in [2.45, 2.75) is 6.54 Å². The minimum atomic E-state index is 0.105. The SMILES string of the molecule is C=C(Cl)CNCc1ccc(/C(N)=N\O)cc1. The van der Waals surface area contributed by atoms with Crippen molar-refractivity contribution in [3.63, 3.8) is 0 Å². The minimum Gasteiger partial charge on any atom is -0.409 e. The van der Waals surface area contributed by atoms with Gasteiger partial charge in [-0.15, -0.1) is 0 Å². The summed E-state index contributed by atoms with van der Waals surface area (Å²) in [6.45, 7) is 4.85. The largest absolute Gasteiger partial charge is 0.409 e. The van der Waals surface area contributed by atoms with Gasteiger partial charge in [-0.2, -0.15) is 0 Å². The molecule has 0 heterocycles. The van der Waals surface area contributed by atoms with Gasteiger partial charge in [-0.25, -0.2) is 0 Å². The molecule has 0 aliphatic heterocycles.